The Kier molecular flexibility index (Phi) is 3.48. The SMILES string of the molecule is Clc1ccc(OC2CNCc3ccsc32)cc1Cl. The summed E-state index contributed by atoms with van der Waals surface area (Å²) in [5.74, 6) is 0.748. The monoisotopic (exact) mass is 299 g/mol. The van der Waals surface area contributed by atoms with E-state index in [0.717, 1.165) is 18.8 Å². The Labute approximate surface area is 119 Å². The number of halogens is 2. The molecule has 2 aromatic rings. The van der Waals surface area contributed by atoms with Crippen molar-refractivity contribution in [1.82, 2.24) is 5.32 Å². The van der Waals surface area contributed by atoms with Crippen molar-refractivity contribution in [2.45, 2.75) is 12.6 Å². The van der Waals surface area contributed by atoms with Gasteiger partial charge in [-0.05, 0) is 29.1 Å². The van der Waals surface area contributed by atoms with E-state index in [9.17, 15) is 0 Å². The molecule has 1 atom stereocenters. The van der Waals surface area contributed by atoms with Crippen LogP contribution in [0.4, 0.5) is 0 Å². The number of thiophene rings is 1. The van der Waals surface area contributed by atoms with Gasteiger partial charge in [-0.2, -0.15) is 0 Å². The Balaban J connectivity index is 1.84. The fraction of sp³-hybridized carbons (Fsp3) is 0.231. The Morgan fingerprint density at radius 3 is 2.94 bits per heavy atom. The van der Waals surface area contributed by atoms with Gasteiger partial charge in [0.15, 0.2) is 0 Å². The number of hydrogen-bond donors (Lipinski definition) is 1. The van der Waals surface area contributed by atoms with Crippen molar-refractivity contribution in [2.75, 3.05) is 6.54 Å². The predicted octanol–water partition coefficient (Wildman–Crippen LogP) is 4.28. The molecule has 1 aromatic heterocycles. The van der Waals surface area contributed by atoms with Gasteiger partial charge in [0.1, 0.15) is 11.9 Å². The molecule has 0 saturated carbocycles. The molecule has 0 spiro atoms. The van der Waals surface area contributed by atoms with Gasteiger partial charge in [-0.15, -0.1) is 11.3 Å². The topological polar surface area (TPSA) is 21.3 Å². The minimum atomic E-state index is 0.0472. The summed E-state index contributed by atoms with van der Waals surface area (Å²) in [4.78, 5) is 1.29. The lowest BCUT2D eigenvalue weighted by Gasteiger charge is -2.24. The molecular weight excluding hydrogens is 289 g/mol. The van der Waals surface area contributed by atoms with Crippen molar-refractivity contribution in [3.05, 3.63) is 50.1 Å². The van der Waals surface area contributed by atoms with E-state index in [0.29, 0.717) is 10.0 Å². The van der Waals surface area contributed by atoms with E-state index >= 15 is 0 Å². The molecule has 0 aliphatic carbocycles. The molecule has 1 aliphatic rings. The van der Waals surface area contributed by atoms with Crippen LogP contribution in [-0.4, -0.2) is 6.54 Å². The highest BCUT2D eigenvalue weighted by atomic mass is 35.5. The quantitative estimate of drug-likeness (QED) is 0.894. The highest BCUT2D eigenvalue weighted by molar-refractivity contribution is 7.10. The zero-order chi connectivity index (χ0) is 12.5. The largest absolute Gasteiger partial charge is 0.483 e. The van der Waals surface area contributed by atoms with E-state index in [-0.39, 0.29) is 6.10 Å². The van der Waals surface area contributed by atoms with Crippen molar-refractivity contribution in [2.24, 2.45) is 0 Å². The van der Waals surface area contributed by atoms with E-state index < -0.39 is 0 Å². The lowest BCUT2D eigenvalue weighted by atomic mass is 10.1. The second-order valence-electron chi connectivity index (χ2n) is 4.12. The van der Waals surface area contributed by atoms with Crippen LogP contribution < -0.4 is 10.1 Å². The molecular formula is C13H11Cl2NOS. The second-order valence-corrected chi connectivity index (χ2v) is 5.89. The number of rotatable bonds is 2. The van der Waals surface area contributed by atoms with Gasteiger partial charge in [-0.25, -0.2) is 0 Å². The van der Waals surface area contributed by atoms with E-state index in [2.05, 4.69) is 16.8 Å². The van der Waals surface area contributed by atoms with E-state index in [1.54, 1.807) is 23.5 Å². The first-order valence-electron chi connectivity index (χ1n) is 5.63. The van der Waals surface area contributed by atoms with E-state index in [1.165, 1.54) is 10.4 Å². The predicted molar refractivity (Wildman–Crippen MR) is 75.9 cm³/mol. The summed E-state index contributed by atoms with van der Waals surface area (Å²) in [5, 5.41) is 6.51. The van der Waals surface area contributed by atoms with Crippen molar-refractivity contribution in [3.63, 3.8) is 0 Å². The van der Waals surface area contributed by atoms with Gasteiger partial charge >= 0.3 is 0 Å². The molecule has 1 N–H and O–H groups in total. The first-order valence-corrected chi connectivity index (χ1v) is 7.26. The molecule has 0 fully saturated rings. The zero-order valence-electron chi connectivity index (χ0n) is 9.45. The third kappa shape index (κ3) is 2.36. The molecule has 0 bridgehead atoms. The minimum Gasteiger partial charge on any atom is -0.483 e. The van der Waals surface area contributed by atoms with Crippen LogP contribution in [-0.2, 0) is 6.54 Å². The zero-order valence-corrected chi connectivity index (χ0v) is 11.8. The van der Waals surface area contributed by atoms with Crippen LogP contribution in [0, 0.1) is 0 Å². The van der Waals surface area contributed by atoms with Gasteiger partial charge in [-0.3, -0.25) is 0 Å². The molecule has 1 aromatic carbocycles. The number of hydrogen-bond acceptors (Lipinski definition) is 3. The number of nitrogens with one attached hydrogen (secondary N) is 1. The van der Waals surface area contributed by atoms with Gasteiger partial charge in [0.2, 0.25) is 0 Å². The number of ether oxygens (including phenoxy) is 1. The van der Waals surface area contributed by atoms with Gasteiger partial charge in [-0.1, -0.05) is 23.2 Å². The van der Waals surface area contributed by atoms with Crippen LogP contribution in [0.25, 0.3) is 0 Å². The third-order valence-corrected chi connectivity index (χ3v) is 4.68. The lowest BCUT2D eigenvalue weighted by Crippen LogP contribution is -2.29. The van der Waals surface area contributed by atoms with E-state index in [1.807, 2.05) is 6.07 Å². The first kappa shape index (κ1) is 12.3. The van der Waals surface area contributed by atoms with Crippen molar-refractivity contribution < 1.29 is 4.74 Å². The third-order valence-electron chi connectivity index (χ3n) is 2.89. The van der Waals surface area contributed by atoms with E-state index in [4.69, 9.17) is 27.9 Å². The normalized spacial score (nSPS) is 18.4. The molecule has 0 saturated heterocycles. The Hall–Kier alpha value is -0.740. The molecule has 5 heteroatoms. The van der Waals surface area contributed by atoms with Crippen molar-refractivity contribution in [3.8, 4) is 5.75 Å². The average molecular weight is 300 g/mol. The summed E-state index contributed by atoms with van der Waals surface area (Å²) in [5.41, 5.74) is 1.32. The summed E-state index contributed by atoms with van der Waals surface area (Å²) in [6.45, 7) is 1.73. The highest BCUT2D eigenvalue weighted by Crippen LogP contribution is 2.33. The maximum Gasteiger partial charge on any atom is 0.145 e. The van der Waals surface area contributed by atoms with Crippen molar-refractivity contribution in [1.29, 1.82) is 0 Å². The molecule has 18 heavy (non-hydrogen) atoms. The smallest absolute Gasteiger partial charge is 0.145 e. The van der Waals surface area contributed by atoms with Crippen LogP contribution >= 0.6 is 34.5 Å². The lowest BCUT2D eigenvalue weighted by molar-refractivity contribution is 0.196. The molecule has 3 rings (SSSR count). The number of benzene rings is 1. The Morgan fingerprint density at radius 2 is 2.11 bits per heavy atom. The van der Waals surface area contributed by atoms with Gasteiger partial charge in [0, 0.05) is 19.2 Å². The summed E-state index contributed by atoms with van der Waals surface area (Å²) in [7, 11) is 0. The Bertz CT molecular complexity index is 570. The van der Waals surface area contributed by atoms with Crippen LogP contribution in [0.15, 0.2) is 29.6 Å². The molecule has 2 heterocycles. The van der Waals surface area contributed by atoms with Crippen molar-refractivity contribution >= 4 is 34.5 Å². The minimum absolute atomic E-state index is 0.0472. The van der Waals surface area contributed by atoms with Crippen LogP contribution in [0.2, 0.25) is 10.0 Å². The highest BCUT2D eigenvalue weighted by Gasteiger charge is 2.22. The average Bonchev–Trinajstić information content (AvgIpc) is 2.83. The van der Waals surface area contributed by atoms with Gasteiger partial charge in [0.25, 0.3) is 0 Å². The second kappa shape index (κ2) is 5.10. The maximum atomic E-state index is 5.99. The molecule has 94 valence electrons. The molecule has 1 aliphatic heterocycles. The molecule has 2 nitrogen and oxygen atoms in total. The molecule has 0 amide bonds. The molecule has 0 radical (unpaired) electrons. The summed E-state index contributed by atoms with van der Waals surface area (Å²) in [6, 6.07) is 7.49. The first-order chi connectivity index (χ1) is 8.74. The maximum absolute atomic E-state index is 5.99. The summed E-state index contributed by atoms with van der Waals surface area (Å²) < 4.78 is 5.98. The Morgan fingerprint density at radius 1 is 1.22 bits per heavy atom. The van der Waals surface area contributed by atoms with Crippen LogP contribution in [0.5, 0.6) is 5.75 Å². The summed E-state index contributed by atoms with van der Waals surface area (Å²) >= 11 is 13.6. The number of fused-ring (bicyclic) bond motifs is 1. The summed E-state index contributed by atoms with van der Waals surface area (Å²) in [6.07, 6.45) is 0.0472. The van der Waals surface area contributed by atoms with Crippen LogP contribution in [0.3, 0.4) is 0 Å². The van der Waals surface area contributed by atoms with Gasteiger partial charge in [0.05, 0.1) is 14.9 Å². The fourth-order valence-electron chi connectivity index (χ4n) is 2.02. The van der Waals surface area contributed by atoms with Gasteiger partial charge < -0.3 is 10.1 Å². The molecule has 1 unspecified atom stereocenters. The fourth-order valence-corrected chi connectivity index (χ4v) is 3.26. The standard InChI is InChI=1S/C13H11Cl2NOS/c14-10-2-1-9(5-11(10)15)17-12-7-16-6-8-3-4-18-13(8)12/h1-5,12,16H,6-7H2. The van der Waals surface area contributed by atoms with Crippen LogP contribution in [0.1, 0.15) is 16.5 Å².